The topological polar surface area (TPSA) is 80.9 Å². The van der Waals surface area contributed by atoms with Crippen LogP contribution in [0.2, 0.25) is 0 Å². The second-order valence-electron chi connectivity index (χ2n) is 11.0. The van der Waals surface area contributed by atoms with Crippen LogP contribution in [-0.4, -0.2) is 25.9 Å². The molecule has 0 spiro atoms. The minimum atomic E-state index is -0.190. The molecule has 0 aliphatic carbocycles. The van der Waals surface area contributed by atoms with E-state index in [2.05, 4.69) is 103 Å². The Morgan fingerprint density at radius 3 is 1.81 bits per heavy atom. The molecule has 2 N–H and O–H groups in total. The molecular weight excluding hydrogens is 610 g/mol. The fourth-order valence-corrected chi connectivity index (χ4v) is 5.53. The molecule has 0 bridgehead atoms. The molecule has 6 nitrogen and oxygen atoms in total. The second-order valence-corrected chi connectivity index (χ2v) is 11.0. The summed E-state index contributed by atoms with van der Waals surface area (Å²) in [6.45, 7) is 3.22. The number of hydrogen-bond acceptors (Lipinski definition) is 6. The van der Waals surface area contributed by atoms with Crippen molar-refractivity contribution in [2.24, 2.45) is 0 Å². The monoisotopic (exact) mass is 649 g/mol. The van der Waals surface area contributed by atoms with E-state index in [1.54, 1.807) is 31.4 Å². The number of benzene rings is 5. The van der Waals surface area contributed by atoms with Crippen LogP contribution < -0.4 is 20.2 Å². The number of fused-ring (bicyclic) bond motifs is 1. The van der Waals surface area contributed by atoms with Gasteiger partial charge in [-0.15, -0.1) is 12.4 Å². The Kier molecular flexibility index (Phi) is 12.6. The van der Waals surface area contributed by atoms with Crippen LogP contribution in [0, 0.1) is 0 Å². The lowest BCUT2D eigenvalue weighted by Gasteiger charge is -2.20. The van der Waals surface area contributed by atoms with Crippen molar-refractivity contribution in [3.8, 4) is 28.4 Å². The summed E-state index contributed by atoms with van der Waals surface area (Å²) < 4.78 is 15.7. The van der Waals surface area contributed by atoms with Gasteiger partial charge in [-0.05, 0) is 66.4 Å². The number of rotatable bonds is 10. The zero-order chi connectivity index (χ0) is 32.3. The first-order valence-corrected chi connectivity index (χ1v) is 15.3. The van der Waals surface area contributed by atoms with Gasteiger partial charge >= 0.3 is 0 Å². The lowest BCUT2D eigenvalue weighted by atomic mass is 9.88. The first kappa shape index (κ1) is 34.8. The molecule has 242 valence electrons. The number of ether oxygens (including phenoxy) is 2. The summed E-state index contributed by atoms with van der Waals surface area (Å²) in [5, 5.41) is 13.8. The van der Waals surface area contributed by atoms with Crippen LogP contribution in [0.5, 0.6) is 17.2 Å². The lowest BCUT2D eigenvalue weighted by molar-refractivity contribution is 0.370. The van der Waals surface area contributed by atoms with E-state index < -0.39 is 0 Å². The summed E-state index contributed by atoms with van der Waals surface area (Å²) in [7, 11) is 2.99. The minimum absolute atomic E-state index is 0. The van der Waals surface area contributed by atoms with Crippen molar-refractivity contribution in [3.05, 3.63) is 161 Å². The molecule has 0 aliphatic rings. The molecular formula is C40H40ClNO5. The summed E-state index contributed by atoms with van der Waals surface area (Å²) in [6, 6.07) is 42.7. The summed E-state index contributed by atoms with van der Waals surface area (Å²) in [6.07, 6.45) is 2.46. The van der Waals surface area contributed by atoms with Crippen molar-refractivity contribution in [1.29, 1.82) is 0 Å². The molecule has 0 saturated carbocycles. The first-order chi connectivity index (χ1) is 22.5. The van der Waals surface area contributed by atoms with Crippen molar-refractivity contribution in [1.82, 2.24) is 5.32 Å². The van der Waals surface area contributed by atoms with Crippen molar-refractivity contribution in [3.63, 3.8) is 0 Å². The summed E-state index contributed by atoms with van der Waals surface area (Å²) >= 11 is 0. The first-order valence-electron chi connectivity index (χ1n) is 15.3. The number of halogens is 1. The van der Waals surface area contributed by atoms with Gasteiger partial charge in [0, 0.05) is 12.0 Å². The Balaban J connectivity index is 0.000000209. The number of phenolic OH excluding ortho intramolecular Hbond substituents is 1. The van der Waals surface area contributed by atoms with E-state index in [0.29, 0.717) is 28.7 Å². The molecule has 6 rings (SSSR count). The fourth-order valence-electron chi connectivity index (χ4n) is 5.53. The Labute approximate surface area is 282 Å². The van der Waals surface area contributed by atoms with E-state index in [-0.39, 0.29) is 34.9 Å². The third-order valence-electron chi connectivity index (χ3n) is 8.07. The van der Waals surface area contributed by atoms with Gasteiger partial charge in [0.1, 0.15) is 12.0 Å². The van der Waals surface area contributed by atoms with E-state index >= 15 is 0 Å². The van der Waals surface area contributed by atoms with E-state index in [1.165, 1.54) is 42.2 Å². The van der Waals surface area contributed by atoms with Crippen LogP contribution in [0.15, 0.2) is 143 Å². The predicted octanol–water partition coefficient (Wildman–Crippen LogP) is 9.16. The molecule has 7 heteroatoms. The van der Waals surface area contributed by atoms with Gasteiger partial charge in [-0.25, -0.2) is 0 Å². The molecule has 0 saturated heterocycles. The molecule has 47 heavy (non-hydrogen) atoms. The number of methoxy groups -OCH3 is 2. The standard InChI is InChI=1S/C23H25N.C17H14O5.ClH/c1-19(20-11-5-2-6-12-20)24-18-17-23(21-13-7-3-8-14-21)22-15-9-4-10-16-22;1-20-11-5-3-10(4-6-11)13-9-22-16-12(15(13)19)7-8-14(18)17(16)21-2;/h2-16,19,23-24H,17-18H2,1H3;3-9,18H,1-2H3;1H. The van der Waals surface area contributed by atoms with Crippen LogP contribution in [0.3, 0.4) is 0 Å². The molecule has 1 heterocycles. The highest BCUT2D eigenvalue weighted by Crippen LogP contribution is 2.34. The Bertz CT molecular complexity index is 1840. The molecule has 0 amide bonds. The predicted molar refractivity (Wildman–Crippen MR) is 192 cm³/mol. The highest BCUT2D eigenvalue weighted by Gasteiger charge is 2.16. The Morgan fingerprint density at radius 2 is 1.28 bits per heavy atom. The summed E-state index contributed by atoms with van der Waals surface area (Å²) in [5.74, 6) is 1.22. The van der Waals surface area contributed by atoms with Gasteiger partial charge in [0.15, 0.2) is 11.3 Å². The van der Waals surface area contributed by atoms with Gasteiger partial charge in [-0.3, -0.25) is 4.79 Å². The third-order valence-corrected chi connectivity index (χ3v) is 8.07. The van der Waals surface area contributed by atoms with Gasteiger partial charge in [-0.1, -0.05) is 103 Å². The average Bonchev–Trinajstić information content (AvgIpc) is 3.11. The molecule has 6 aromatic rings. The maximum atomic E-state index is 12.6. The van der Waals surface area contributed by atoms with Crippen LogP contribution in [-0.2, 0) is 0 Å². The highest BCUT2D eigenvalue weighted by atomic mass is 35.5. The van der Waals surface area contributed by atoms with Gasteiger partial charge in [-0.2, -0.15) is 0 Å². The molecule has 1 aromatic heterocycles. The van der Waals surface area contributed by atoms with Crippen LogP contribution >= 0.6 is 12.4 Å². The SMILES string of the molecule is CC(NCCC(c1ccccc1)c1ccccc1)c1ccccc1.COc1ccc(-c2coc3c(OC)c(O)ccc3c2=O)cc1.Cl. The van der Waals surface area contributed by atoms with Crippen molar-refractivity contribution >= 4 is 23.4 Å². The zero-order valence-corrected chi connectivity index (χ0v) is 27.6. The second kappa shape index (κ2) is 17.0. The van der Waals surface area contributed by atoms with E-state index in [9.17, 15) is 9.90 Å². The molecule has 1 atom stereocenters. The van der Waals surface area contributed by atoms with Gasteiger partial charge in [0.05, 0.1) is 25.2 Å². The molecule has 0 radical (unpaired) electrons. The highest BCUT2D eigenvalue weighted by molar-refractivity contribution is 5.88. The van der Waals surface area contributed by atoms with E-state index in [0.717, 1.165) is 18.5 Å². The van der Waals surface area contributed by atoms with Crippen LogP contribution in [0.1, 0.15) is 42.0 Å². The van der Waals surface area contributed by atoms with Crippen LogP contribution in [0.25, 0.3) is 22.1 Å². The minimum Gasteiger partial charge on any atom is -0.504 e. The van der Waals surface area contributed by atoms with Gasteiger partial charge in [0.2, 0.25) is 11.2 Å². The quantitative estimate of drug-likeness (QED) is 0.154. The van der Waals surface area contributed by atoms with Crippen LogP contribution in [0.4, 0.5) is 0 Å². The van der Waals surface area contributed by atoms with Crippen molar-refractivity contribution < 1.29 is 19.0 Å². The normalized spacial score (nSPS) is 11.2. The fraction of sp³-hybridized carbons (Fsp3) is 0.175. The number of hydrogen-bond donors (Lipinski definition) is 2. The summed E-state index contributed by atoms with van der Waals surface area (Å²) in [5.41, 5.74) is 5.31. The lowest BCUT2D eigenvalue weighted by Crippen LogP contribution is -2.21. The average molecular weight is 650 g/mol. The largest absolute Gasteiger partial charge is 0.504 e. The molecule has 0 fully saturated rings. The molecule has 1 unspecified atom stereocenters. The Hall–Kier alpha value is -5.04. The summed E-state index contributed by atoms with van der Waals surface area (Å²) in [4.78, 5) is 12.6. The number of aromatic hydroxyl groups is 1. The van der Waals surface area contributed by atoms with Crippen molar-refractivity contribution in [2.75, 3.05) is 20.8 Å². The number of phenols is 1. The number of nitrogens with one attached hydrogen (secondary N) is 1. The Morgan fingerprint density at radius 1 is 0.723 bits per heavy atom. The van der Waals surface area contributed by atoms with E-state index in [4.69, 9.17) is 13.9 Å². The van der Waals surface area contributed by atoms with E-state index in [1.807, 2.05) is 0 Å². The molecule has 0 aliphatic heterocycles. The third kappa shape index (κ3) is 8.61. The van der Waals surface area contributed by atoms with Gasteiger partial charge in [0.25, 0.3) is 0 Å². The van der Waals surface area contributed by atoms with Crippen molar-refractivity contribution in [2.45, 2.75) is 25.3 Å². The maximum absolute atomic E-state index is 12.6. The molecule has 5 aromatic carbocycles. The zero-order valence-electron chi connectivity index (χ0n) is 26.8. The maximum Gasteiger partial charge on any atom is 0.204 e. The smallest absolute Gasteiger partial charge is 0.204 e. The van der Waals surface area contributed by atoms with Gasteiger partial charge < -0.3 is 24.3 Å².